The molecule has 9 nitrogen and oxygen atoms in total. The summed E-state index contributed by atoms with van der Waals surface area (Å²) in [4.78, 5) is 40.7. The van der Waals surface area contributed by atoms with E-state index in [1.165, 1.54) is 17.1 Å². The Morgan fingerprint density at radius 1 is 1.03 bits per heavy atom. The van der Waals surface area contributed by atoms with E-state index in [4.69, 9.17) is 9.47 Å². The van der Waals surface area contributed by atoms with Crippen LogP contribution in [-0.4, -0.2) is 60.1 Å². The summed E-state index contributed by atoms with van der Waals surface area (Å²) in [6, 6.07) is 15.5. The fourth-order valence-corrected chi connectivity index (χ4v) is 4.99. The number of rotatable bonds is 9. The van der Waals surface area contributed by atoms with Crippen molar-refractivity contribution in [3.05, 3.63) is 77.9 Å². The average Bonchev–Trinajstić information content (AvgIpc) is 3.44. The molecular formula is C27H31N3O6Si. The molecule has 1 aliphatic carbocycles. The van der Waals surface area contributed by atoms with Crippen LogP contribution < -0.4 is 5.32 Å². The molecule has 2 N–H and O–H groups in total. The number of fused-ring (bicyclic) bond motifs is 3. The number of carboxylic acid groups (broad SMARTS) is 1. The van der Waals surface area contributed by atoms with Crippen LogP contribution in [0, 0.1) is 0 Å². The maximum atomic E-state index is 12.5. The highest BCUT2D eigenvalue weighted by atomic mass is 28.3. The Bertz CT molecular complexity index is 1250. The zero-order valence-corrected chi connectivity index (χ0v) is 22.1. The van der Waals surface area contributed by atoms with Crippen LogP contribution in [0.4, 0.5) is 9.59 Å². The highest BCUT2D eigenvalue weighted by molar-refractivity contribution is 6.76. The number of benzene rings is 2. The van der Waals surface area contributed by atoms with Crippen molar-refractivity contribution in [1.82, 2.24) is 14.9 Å². The lowest BCUT2D eigenvalue weighted by Gasteiger charge is -2.17. The number of carbonyl (C=O) groups excluding carboxylic acids is 2. The zero-order chi connectivity index (χ0) is 26.6. The topological polar surface area (TPSA) is 120 Å². The molecule has 37 heavy (non-hydrogen) atoms. The molecule has 0 fully saturated rings. The minimum Gasteiger partial charge on any atom is -0.480 e. The highest BCUT2D eigenvalue weighted by Crippen LogP contribution is 2.44. The molecule has 1 aromatic heterocycles. The van der Waals surface area contributed by atoms with Crippen LogP contribution in [0.25, 0.3) is 11.1 Å². The maximum absolute atomic E-state index is 12.5. The maximum Gasteiger partial charge on any atom is 0.419 e. The third-order valence-electron chi connectivity index (χ3n) is 6.27. The van der Waals surface area contributed by atoms with E-state index in [2.05, 4.69) is 29.9 Å². The predicted octanol–water partition coefficient (Wildman–Crippen LogP) is 4.74. The number of aromatic nitrogens is 2. The van der Waals surface area contributed by atoms with Crippen molar-refractivity contribution in [2.45, 2.75) is 44.1 Å². The number of hydrogen-bond acceptors (Lipinski definition) is 6. The van der Waals surface area contributed by atoms with Crippen LogP contribution in [0.3, 0.4) is 0 Å². The summed E-state index contributed by atoms with van der Waals surface area (Å²) in [5, 5.41) is 12.0. The molecule has 0 spiro atoms. The Hall–Kier alpha value is -3.92. The first kappa shape index (κ1) is 26.1. The Morgan fingerprint density at radius 3 is 2.24 bits per heavy atom. The van der Waals surface area contributed by atoms with Gasteiger partial charge >= 0.3 is 18.2 Å². The Labute approximate surface area is 216 Å². The second-order valence-corrected chi connectivity index (χ2v) is 15.9. The first-order valence-corrected chi connectivity index (χ1v) is 15.9. The molecule has 1 unspecified atom stereocenters. The Kier molecular flexibility index (Phi) is 7.77. The molecule has 1 amide bonds. The number of imidazole rings is 1. The number of alkyl carbamates (subject to hydrolysis) is 1. The number of carbonyl (C=O) groups is 3. The van der Waals surface area contributed by atoms with E-state index in [0.29, 0.717) is 12.3 Å². The van der Waals surface area contributed by atoms with Gasteiger partial charge in [0.05, 0.1) is 12.3 Å². The number of hydrogen-bond donors (Lipinski definition) is 2. The van der Waals surface area contributed by atoms with Gasteiger partial charge in [0.2, 0.25) is 0 Å². The normalized spacial score (nSPS) is 13.4. The second-order valence-electron chi connectivity index (χ2n) is 10.3. The molecule has 2 aromatic carbocycles. The summed E-state index contributed by atoms with van der Waals surface area (Å²) in [7, 11) is -1.34. The number of nitrogens with zero attached hydrogens (tertiary/aromatic N) is 2. The van der Waals surface area contributed by atoms with Gasteiger partial charge < -0.3 is 19.9 Å². The van der Waals surface area contributed by atoms with Crippen LogP contribution in [0.5, 0.6) is 0 Å². The summed E-state index contributed by atoms with van der Waals surface area (Å²) in [5.74, 6) is -1.37. The van der Waals surface area contributed by atoms with Crippen LogP contribution in [0.2, 0.25) is 25.7 Å². The average molecular weight is 522 g/mol. The van der Waals surface area contributed by atoms with Crippen molar-refractivity contribution in [2.24, 2.45) is 0 Å². The van der Waals surface area contributed by atoms with E-state index in [0.717, 1.165) is 28.3 Å². The van der Waals surface area contributed by atoms with Gasteiger partial charge in [-0.15, -0.1) is 0 Å². The van der Waals surface area contributed by atoms with Gasteiger partial charge in [-0.2, -0.15) is 0 Å². The van der Waals surface area contributed by atoms with Crippen molar-refractivity contribution in [3.63, 3.8) is 0 Å². The van der Waals surface area contributed by atoms with E-state index < -0.39 is 32.3 Å². The standard InChI is InChI=1S/C27H31N3O6Si/c1-37(2,3)13-12-35-27(34)30-15-18(28-17-30)14-24(25(31)32)29-26(33)36-16-23-21-10-6-4-8-19(21)20-9-5-7-11-22(20)23/h4-11,15,17,23-24H,12-14,16H2,1-3H3,(H,29,33)(H,31,32). The lowest BCUT2D eigenvalue weighted by molar-refractivity contribution is -0.139. The molecule has 1 heterocycles. The number of carboxylic acids is 1. The van der Waals surface area contributed by atoms with Gasteiger partial charge in [0.25, 0.3) is 0 Å². The predicted molar refractivity (Wildman–Crippen MR) is 140 cm³/mol. The van der Waals surface area contributed by atoms with Crippen molar-refractivity contribution >= 4 is 26.2 Å². The minimum atomic E-state index is -1.34. The van der Waals surface area contributed by atoms with Crippen molar-refractivity contribution in [2.75, 3.05) is 13.2 Å². The van der Waals surface area contributed by atoms with Crippen LogP contribution in [-0.2, 0) is 20.7 Å². The SMILES string of the molecule is C[Si](C)(C)CCOC(=O)n1cnc(CC(NC(=O)OCC2c3ccccc3-c3ccccc32)C(=O)O)c1. The third kappa shape index (κ3) is 6.45. The van der Waals surface area contributed by atoms with Crippen LogP contribution >= 0.6 is 0 Å². The molecule has 10 heteroatoms. The first-order chi connectivity index (χ1) is 17.6. The lowest BCUT2D eigenvalue weighted by atomic mass is 9.98. The number of ether oxygens (including phenoxy) is 2. The van der Waals surface area contributed by atoms with E-state index in [1.807, 2.05) is 48.5 Å². The fourth-order valence-electron chi connectivity index (χ4n) is 4.28. The molecular weight excluding hydrogens is 490 g/mol. The smallest absolute Gasteiger partial charge is 0.419 e. The van der Waals surface area contributed by atoms with Crippen molar-refractivity contribution < 1.29 is 29.0 Å². The molecule has 0 radical (unpaired) electrons. The van der Waals surface area contributed by atoms with E-state index in [9.17, 15) is 19.5 Å². The number of amides is 1. The summed E-state index contributed by atoms with van der Waals surface area (Å²) >= 11 is 0. The Balaban J connectivity index is 1.33. The largest absolute Gasteiger partial charge is 0.480 e. The van der Waals surface area contributed by atoms with Gasteiger partial charge in [-0.3, -0.25) is 0 Å². The molecule has 0 saturated heterocycles. The molecule has 0 saturated carbocycles. The summed E-state index contributed by atoms with van der Waals surface area (Å²) in [6.45, 7) is 6.95. The number of nitrogens with one attached hydrogen (secondary N) is 1. The Morgan fingerprint density at radius 2 is 1.65 bits per heavy atom. The summed E-state index contributed by atoms with van der Waals surface area (Å²) in [6.07, 6.45) is 1.16. The minimum absolute atomic E-state index is 0.0735. The third-order valence-corrected chi connectivity index (χ3v) is 7.98. The molecule has 4 rings (SSSR count). The van der Waals surface area contributed by atoms with Gasteiger partial charge in [0.15, 0.2) is 0 Å². The fraction of sp³-hybridized carbons (Fsp3) is 0.333. The first-order valence-electron chi connectivity index (χ1n) is 12.2. The number of aliphatic carboxylic acids is 1. The molecule has 1 aliphatic rings. The van der Waals surface area contributed by atoms with Crippen LogP contribution in [0.1, 0.15) is 22.7 Å². The van der Waals surface area contributed by atoms with E-state index >= 15 is 0 Å². The van der Waals surface area contributed by atoms with Gasteiger partial charge in [-0.05, 0) is 28.3 Å². The molecule has 0 aliphatic heterocycles. The molecule has 194 valence electrons. The summed E-state index contributed by atoms with van der Waals surface area (Å²) in [5.41, 5.74) is 4.66. The van der Waals surface area contributed by atoms with Crippen LogP contribution in [0.15, 0.2) is 61.1 Å². The van der Waals surface area contributed by atoms with Gasteiger partial charge in [0, 0.05) is 26.6 Å². The quantitative estimate of drug-likeness (QED) is 0.390. The van der Waals surface area contributed by atoms with E-state index in [-0.39, 0.29) is 18.9 Å². The molecule has 0 bridgehead atoms. The molecule has 3 aromatic rings. The van der Waals surface area contributed by atoms with E-state index in [1.54, 1.807) is 0 Å². The molecule has 1 atom stereocenters. The monoisotopic (exact) mass is 521 g/mol. The summed E-state index contributed by atoms with van der Waals surface area (Å²) < 4.78 is 11.9. The van der Waals surface area contributed by atoms with Gasteiger partial charge in [-0.25, -0.2) is 23.9 Å². The highest BCUT2D eigenvalue weighted by Gasteiger charge is 2.30. The van der Waals surface area contributed by atoms with Crippen molar-refractivity contribution in [1.29, 1.82) is 0 Å². The zero-order valence-electron chi connectivity index (χ0n) is 21.1. The van der Waals surface area contributed by atoms with Gasteiger partial charge in [-0.1, -0.05) is 68.2 Å². The van der Waals surface area contributed by atoms with Gasteiger partial charge in [0.1, 0.15) is 19.0 Å². The van der Waals surface area contributed by atoms with Crippen molar-refractivity contribution in [3.8, 4) is 11.1 Å². The second kappa shape index (κ2) is 11.0. The lowest BCUT2D eigenvalue weighted by Crippen LogP contribution is -2.43.